The van der Waals surface area contributed by atoms with Crippen molar-refractivity contribution in [1.29, 1.82) is 10.5 Å². The summed E-state index contributed by atoms with van der Waals surface area (Å²) in [6.45, 7) is 11.3. The van der Waals surface area contributed by atoms with E-state index in [1.807, 2.05) is 70.0 Å². The lowest BCUT2D eigenvalue weighted by atomic mass is 10.0. The summed E-state index contributed by atoms with van der Waals surface area (Å²) in [6, 6.07) is 13.6. The Morgan fingerprint density at radius 1 is 1.12 bits per heavy atom. The van der Waals surface area contributed by atoms with Gasteiger partial charge in [0.15, 0.2) is 0 Å². The van der Waals surface area contributed by atoms with E-state index in [-0.39, 0.29) is 6.09 Å². The van der Waals surface area contributed by atoms with Gasteiger partial charge in [0.1, 0.15) is 33.8 Å². The Morgan fingerprint density at radius 2 is 1.75 bits per heavy atom. The number of aromatic nitrogens is 1. The summed E-state index contributed by atoms with van der Waals surface area (Å²) >= 11 is 1.13. The Morgan fingerprint density at radius 3 is 2.27 bits per heavy atom. The fraction of sp³-hybridized carbons (Fsp3) is 0.483. The SMILES string of the molecule is CCc1c(C#N)c(SC(C(N)=O)c2ccccc2)nc(N(C)CCN2CCN(C(=O)OC(C)(C)C)CC2)c1C#N. The first-order valence-corrected chi connectivity index (χ1v) is 14.2. The molecule has 0 bridgehead atoms. The van der Waals surface area contributed by atoms with Gasteiger partial charge in [0.2, 0.25) is 5.91 Å². The van der Waals surface area contributed by atoms with Crippen molar-refractivity contribution in [2.24, 2.45) is 5.73 Å². The van der Waals surface area contributed by atoms with Crippen molar-refractivity contribution in [2.45, 2.75) is 50.0 Å². The van der Waals surface area contributed by atoms with Gasteiger partial charge in [-0.3, -0.25) is 9.69 Å². The molecule has 1 aromatic carbocycles. The van der Waals surface area contributed by atoms with Crippen LogP contribution in [0.25, 0.3) is 0 Å². The molecule has 1 aliphatic rings. The lowest BCUT2D eigenvalue weighted by Gasteiger charge is -2.36. The summed E-state index contributed by atoms with van der Waals surface area (Å²) in [4.78, 5) is 35.4. The molecule has 0 saturated carbocycles. The minimum Gasteiger partial charge on any atom is -0.444 e. The molecule has 11 heteroatoms. The molecule has 212 valence electrons. The minimum absolute atomic E-state index is 0.293. The zero-order valence-corrected chi connectivity index (χ0v) is 24.6. The Hall–Kier alpha value is -3.80. The van der Waals surface area contributed by atoms with Gasteiger partial charge in [-0.25, -0.2) is 9.78 Å². The lowest BCUT2D eigenvalue weighted by Crippen LogP contribution is -2.51. The number of carbonyl (C=O) groups is 2. The van der Waals surface area contributed by atoms with Crippen LogP contribution in [0.5, 0.6) is 0 Å². The van der Waals surface area contributed by atoms with Crippen LogP contribution in [-0.4, -0.2) is 78.7 Å². The molecule has 2 amide bonds. The van der Waals surface area contributed by atoms with E-state index >= 15 is 0 Å². The van der Waals surface area contributed by atoms with Crippen molar-refractivity contribution in [1.82, 2.24) is 14.8 Å². The molecular weight excluding hydrogens is 526 g/mol. The van der Waals surface area contributed by atoms with E-state index in [1.54, 1.807) is 4.90 Å². The number of nitrogens with two attached hydrogens (primary N) is 1. The molecule has 10 nitrogen and oxygen atoms in total. The summed E-state index contributed by atoms with van der Waals surface area (Å²) in [7, 11) is 1.86. The van der Waals surface area contributed by atoms with Crippen molar-refractivity contribution in [2.75, 3.05) is 51.2 Å². The van der Waals surface area contributed by atoms with E-state index in [0.29, 0.717) is 78.8 Å². The summed E-state index contributed by atoms with van der Waals surface area (Å²) in [5.74, 6) is -0.0748. The van der Waals surface area contributed by atoms with Crippen LogP contribution in [0.15, 0.2) is 35.4 Å². The Labute approximate surface area is 240 Å². The molecular formula is C29H37N7O3S. The number of likely N-dealkylation sites (N-methyl/N-ethyl adjacent to an activating group) is 1. The smallest absolute Gasteiger partial charge is 0.410 e. The number of pyridine rings is 1. The largest absolute Gasteiger partial charge is 0.444 e. The zero-order valence-electron chi connectivity index (χ0n) is 23.8. The average Bonchev–Trinajstić information content (AvgIpc) is 2.93. The van der Waals surface area contributed by atoms with Gasteiger partial charge in [0.25, 0.3) is 0 Å². The van der Waals surface area contributed by atoms with Gasteiger partial charge in [-0.2, -0.15) is 10.5 Å². The maximum atomic E-state index is 12.4. The predicted octanol–water partition coefficient (Wildman–Crippen LogP) is 3.69. The van der Waals surface area contributed by atoms with Gasteiger partial charge >= 0.3 is 6.09 Å². The van der Waals surface area contributed by atoms with Gasteiger partial charge in [-0.15, -0.1) is 0 Å². The van der Waals surface area contributed by atoms with E-state index in [1.165, 1.54) is 0 Å². The number of hydrogen-bond donors (Lipinski definition) is 1. The maximum Gasteiger partial charge on any atom is 0.410 e. The molecule has 0 aliphatic carbocycles. The number of anilines is 1. The highest BCUT2D eigenvalue weighted by atomic mass is 32.2. The van der Waals surface area contributed by atoms with Crippen molar-refractivity contribution in [3.05, 3.63) is 52.6 Å². The number of ether oxygens (including phenoxy) is 1. The minimum atomic E-state index is -0.738. The van der Waals surface area contributed by atoms with Crippen LogP contribution in [0.2, 0.25) is 0 Å². The van der Waals surface area contributed by atoms with Crippen molar-refractivity contribution >= 4 is 29.6 Å². The molecule has 1 fully saturated rings. The van der Waals surface area contributed by atoms with Crippen LogP contribution in [0.1, 0.15) is 55.2 Å². The maximum absolute atomic E-state index is 12.4. The van der Waals surface area contributed by atoms with E-state index in [2.05, 4.69) is 17.0 Å². The number of amides is 2. The van der Waals surface area contributed by atoms with Gasteiger partial charge in [0.05, 0.1) is 11.1 Å². The first-order valence-electron chi connectivity index (χ1n) is 13.3. The fourth-order valence-corrected chi connectivity index (χ4v) is 5.51. The topological polar surface area (TPSA) is 140 Å². The number of thioether (sulfide) groups is 1. The normalized spacial score (nSPS) is 14.6. The van der Waals surface area contributed by atoms with Gasteiger partial charge < -0.3 is 20.3 Å². The van der Waals surface area contributed by atoms with Crippen molar-refractivity contribution in [3.8, 4) is 12.1 Å². The van der Waals surface area contributed by atoms with Gasteiger partial charge in [-0.05, 0) is 38.3 Å². The molecule has 0 spiro atoms. The van der Waals surface area contributed by atoms with Gasteiger partial charge in [-0.1, -0.05) is 49.0 Å². The number of nitrogens with zero attached hydrogens (tertiary/aromatic N) is 6. The molecule has 2 N–H and O–H groups in total. The molecule has 2 heterocycles. The standard InChI is InChI=1S/C29H37N7O3S/c1-6-21-22(18-30)26(33-27(23(21)19-31)40-24(25(32)37)20-10-8-7-9-11-20)34(5)12-13-35-14-16-36(17-15-35)28(38)39-29(2,3)4/h7-11,24H,6,12-17H2,1-5H3,(H2,32,37). The molecule has 0 radical (unpaired) electrons. The first-order chi connectivity index (χ1) is 19.0. The zero-order chi connectivity index (χ0) is 29.4. The molecule has 3 rings (SSSR count). The molecule has 1 unspecified atom stereocenters. The van der Waals surface area contributed by atoms with Crippen LogP contribution in [-0.2, 0) is 16.0 Å². The number of hydrogen-bond acceptors (Lipinski definition) is 9. The number of rotatable bonds is 9. The molecule has 1 atom stereocenters. The average molecular weight is 564 g/mol. The van der Waals surface area contributed by atoms with E-state index in [0.717, 1.165) is 11.8 Å². The number of piperazine rings is 1. The highest BCUT2D eigenvalue weighted by Crippen LogP contribution is 2.39. The third-order valence-corrected chi connectivity index (χ3v) is 7.81. The van der Waals surface area contributed by atoms with Crippen LogP contribution < -0.4 is 10.6 Å². The van der Waals surface area contributed by atoms with E-state index < -0.39 is 16.8 Å². The van der Waals surface area contributed by atoms with E-state index in [9.17, 15) is 20.1 Å². The second-order valence-electron chi connectivity index (χ2n) is 10.6. The quantitative estimate of drug-likeness (QED) is 0.452. The summed E-state index contributed by atoms with van der Waals surface area (Å²) in [6.07, 6.45) is 0.161. The molecule has 1 aromatic heterocycles. The monoisotopic (exact) mass is 563 g/mol. The molecule has 2 aromatic rings. The Kier molecular flexibility index (Phi) is 10.4. The number of nitriles is 2. The number of primary amides is 1. The van der Waals surface area contributed by atoms with Gasteiger partial charge in [0, 0.05) is 46.3 Å². The third kappa shape index (κ3) is 7.65. The van der Waals surface area contributed by atoms with Crippen LogP contribution >= 0.6 is 11.8 Å². The highest BCUT2D eigenvalue weighted by molar-refractivity contribution is 8.00. The Bertz CT molecular complexity index is 1290. The lowest BCUT2D eigenvalue weighted by molar-refractivity contribution is -0.117. The van der Waals surface area contributed by atoms with Crippen LogP contribution in [0, 0.1) is 22.7 Å². The number of benzene rings is 1. The first kappa shape index (κ1) is 30.7. The summed E-state index contributed by atoms with van der Waals surface area (Å²) in [5.41, 5.74) is 7.19. The molecule has 1 saturated heterocycles. The second-order valence-corrected chi connectivity index (χ2v) is 11.7. The third-order valence-electron chi connectivity index (χ3n) is 6.55. The van der Waals surface area contributed by atoms with Crippen molar-refractivity contribution < 1.29 is 14.3 Å². The van der Waals surface area contributed by atoms with E-state index in [4.69, 9.17) is 15.5 Å². The second kappa shape index (κ2) is 13.5. The summed E-state index contributed by atoms with van der Waals surface area (Å²) in [5, 5.41) is 19.7. The molecule has 40 heavy (non-hydrogen) atoms. The van der Waals surface area contributed by atoms with Crippen LogP contribution in [0.3, 0.4) is 0 Å². The van der Waals surface area contributed by atoms with Crippen molar-refractivity contribution in [3.63, 3.8) is 0 Å². The highest BCUT2D eigenvalue weighted by Gasteiger charge is 2.28. The predicted molar refractivity (Wildman–Crippen MR) is 155 cm³/mol. The fourth-order valence-electron chi connectivity index (χ4n) is 4.45. The molecule has 1 aliphatic heterocycles. The van der Waals surface area contributed by atoms with Crippen LogP contribution in [0.4, 0.5) is 10.6 Å². The Balaban J connectivity index is 1.79. The summed E-state index contributed by atoms with van der Waals surface area (Å²) < 4.78 is 5.48. The number of carbonyl (C=O) groups excluding carboxylic acids is 2.